The molecule has 0 aromatic heterocycles. The van der Waals surface area contributed by atoms with Crippen molar-refractivity contribution in [3.8, 4) is 5.75 Å². The number of hydrogen-bond donors (Lipinski definition) is 0. The minimum Gasteiger partial charge on any atom is -0.432 e. The molecule has 6 rings (SSSR count). The van der Waals surface area contributed by atoms with Crippen LogP contribution in [0.15, 0.2) is 125 Å². The molecule has 7 heteroatoms. The largest absolute Gasteiger partial charge is 0.432 e. The fourth-order valence-corrected chi connectivity index (χ4v) is 6.33. The van der Waals surface area contributed by atoms with Gasteiger partial charge in [-0.1, -0.05) is 90.1 Å². The number of aryl methyl sites for hydroxylation is 1. The summed E-state index contributed by atoms with van der Waals surface area (Å²) in [5.74, 6) is 0.753. The second-order valence-corrected chi connectivity index (χ2v) is 12.6. The number of fused-ring (bicyclic) bond motifs is 3. The Morgan fingerprint density at radius 2 is 1.52 bits per heavy atom. The third-order valence-corrected chi connectivity index (χ3v) is 8.89. The van der Waals surface area contributed by atoms with Crippen molar-refractivity contribution < 1.29 is 4.74 Å². The van der Waals surface area contributed by atoms with E-state index in [2.05, 4.69) is 92.7 Å². The first-order chi connectivity index (χ1) is 20.8. The molecule has 0 aliphatic carbocycles. The van der Waals surface area contributed by atoms with Crippen LogP contribution in [-0.4, -0.2) is 37.8 Å². The molecule has 5 aromatic rings. The van der Waals surface area contributed by atoms with Gasteiger partial charge in [0.1, 0.15) is 5.75 Å². The number of halogens is 2. The Kier molecular flexibility index (Phi) is 11.9. The van der Waals surface area contributed by atoms with Gasteiger partial charge in [-0.3, -0.25) is 0 Å². The van der Waals surface area contributed by atoms with Gasteiger partial charge in [-0.25, -0.2) is 0 Å². The Morgan fingerprint density at radius 3 is 2.30 bits per heavy atom. The predicted octanol–water partition coefficient (Wildman–Crippen LogP) is 10.6. The maximum Gasteiger partial charge on any atom is 0.269 e. The molecule has 0 radical (unpaired) electrons. The lowest BCUT2D eigenvalue weighted by Gasteiger charge is -2.22. The van der Waals surface area contributed by atoms with Gasteiger partial charge < -0.3 is 14.5 Å². The lowest BCUT2D eigenvalue weighted by molar-refractivity contribution is 0.417. The SMILES string of the molecule is CN(C)CCC=C1c2ccccc2Sc2ccc(Cl)cc21.Cc1cccc(N(C)C(=S)Oc2ccc3ccccc3c2)c1.Cl. The Labute approximate surface area is 281 Å². The molecule has 0 unspecified atom stereocenters. The van der Waals surface area contributed by atoms with Gasteiger partial charge in [0.15, 0.2) is 0 Å². The number of rotatable bonds is 5. The highest BCUT2D eigenvalue weighted by Crippen LogP contribution is 2.46. The minimum atomic E-state index is 0. The molecule has 0 N–H and O–H groups in total. The quantitative estimate of drug-likeness (QED) is 0.171. The highest BCUT2D eigenvalue weighted by Gasteiger charge is 2.20. The van der Waals surface area contributed by atoms with Crippen LogP contribution in [0.1, 0.15) is 23.1 Å². The minimum absolute atomic E-state index is 0. The van der Waals surface area contributed by atoms with Gasteiger partial charge in [-0.15, -0.1) is 12.4 Å². The van der Waals surface area contributed by atoms with Crippen LogP contribution in [-0.2, 0) is 0 Å². The standard InChI is InChI=1S/C19H17NOS.C18H18ClNS.ClH/c1-14-6-5-9-17(12-14)20(2)19(22)21-18-11-10-15-7-3-4-8-16(15)13-18;1-20(2)11-5-7-14-15-6-3-4-8-17(15)21-18-10-9-13(19)12-16(14)18;/h3-13H,1-2H3;3-4,6-10,12H,5,11H2,1-2H3;1H. The lowest BCUT2D eigenvalue weighted by Crippen LogP contribution is -2.29. The van der Waals surface area contributed by atoms with Gasteiger partial charge in [0.25, 0.3) is 5.17 Å². The number of hydrogen-bond acceptors (Lipinski definition) is 4. The van der Waals surface area contributed by atoms with E-state index in [0.29, 0.717) is 5.17 Å². The number of anilines is 1. The maximum atomic E-state index is 6.21. The predicted molar refractivity (Wildman–Crippen MR) is 196 cm³/mol. The molecule has 0 atom stereocenters. The lowest BCUT2D eigenvalue weighted by atomic mass is 9.96. The van der Waals surface area contributed by atoms with E-state index in [1.165, 1.54) is 37.4 Å². The topological polar surface area (TPSA) is 15.7 Å². The molecular formula is C37H36Cl2N2OS2. The molecule has 5 aromatic carbocycles. The Morgan fingerprint density at radius 1 is 0.795 bits per heavy atom. The van der Waals surface area contributed by atoms with E-state index in [1.54, 1.807) is 0 Å². The average Bonchev–Trinajstić information content (AvgIpc) is 3.00. The van der Waals surface area contributed by atoms with E-state index in [1.807, 2.05) is 72.2 Å². The number of nitrogens with zero attached hydrogens (tertiary/aromatic N) is 2. The van der Waals surface area contributed by atoms with Crippen molar-refractivity contribution in [2.45, 2.75) is 23.1 Å². The summed E-state index contributed by atoms with van der Waals surface area (Å²) < 4.78 is 5.84. The highest BCUT2D eigenvalue weighted by atomic mass is 35.5. The van der Waals surface area contributed by atoms with Gasteiger partial charge in [-0.05, 0) is 121 Å². The smallest absolute Gasteiger partial charge is 0.269 e. The molecule has 0 bridgehead atoms. The van der Waals surface area contributed by atoms with E-state index in [4.69, 9.17) is 28.6 Å². The second-order valence-electron chi connectivity index (χ2n) is 10.7. The molecule has 0 fully saturated rings. The Bertz CT molecular complexity index is 1790. The van der Waals surface area contributed by atoms with Crippen molar-refractivity contribution >= 4 is 75.2 Å². The van der Waals surface area contributed by atoms with Crippen molar-refractivity contribution in [3.63, 3.8) is 0 Å². The summed E-state index contributed by atoms with van der Waals surface area (Å²) >= 11 is 13.4. The van der Waals surface area contributed by atoms with Crippen LogP contribution >= 0.6 is 48.0 Å². The molecule has 0 saturated heterocycles. The van der Waals surface area contributed by atoms with Crippen LogP contribution in [0.5, 0.6) is 5.75 Å². The molecular weight excluding hydrogens is 623 g/mol. The molecule has 44 heavy (non-hydrogen) atoms. The van der Waals surface area contributed by atoms with E-state index < -0.39 is 0 Å². The first kappa shape index (κ1) is 33.6. The average molecular weight is 660 g/mol. The van der Waals surface area contributed by atoms with Crippen LogP contribution < -0.4 is 9.64 Å². The first-order valence-corrected chi connectivity index (χ1v) is 15.8. The van der Waals surface area contributed by atoms with E-state index in [9.17, 15) is 0 Å². The molecule has 0 amide bonds. The van der Waals surface area contributed by atoms with Crippen LogP contribution in [0.4, 0.5) is 5.69 Å². The van der Waals surface area contributed by atoms with E-state index >= 15 is 0 Å². The molecule has 1 heterocycles. The summed E-state index contributed by atoms with van der Waals surface area (Å²) in [6.07, 6.45) is 3.38. The highest BCUT2D eigenvalue weighted by molar-refractivity contribution is 7.99. The molecule has 226 valence electrons. The van der Waals surface area contributed by atoms with E-state index in [-0.39, 0.29) is 12.4 Å². The van der Waals surface area contributed by atoms with Crippen LogP contribution in [0, 0.1) is 6.92 Å². The second kappa shape index (κ2) is 15.6. The van der Waals surface area contributed by atoms with Crippen molar-refractivity contribution in [1.82, 2.24) is 4.90 Å². The molecule has 0 spiro atoms. The Hall–Kier alpha value is -3.32. The third-order valence-electron chi connectivity index (χ3n) is 7.14. The zero-order chi connectivity index (χ0) is 30.3. The zero-order valence-corrected chi connectivity index (χ0v) is 28.5. The van der Waals surface area contributed by atoms with Gasteiger partial charge in [0, 0.05) is 34.1 Å². The van der Waals surface area contributed by atoms with E-state index in [0.717, 1.165) is 34.8 Å². The number of thiocarbonyl (C=S) groups is 1. The Balaban J connectivity index is 0.000000197. The van der Waals surface area contributed by atoms with Crippen molar-refractivity contribution in [1.29, 1.82) is 0 Å². The summed E-state index contributed by atoms with van der Waals surface area (Å²) in [5.41, 5.74) is 6.09. The van der Waals surface area contributed by atoms with Crippen molar-refractivity contribution in [2.24, 2.45) is 0 Å². The molecule has 3 nitrogen and oxygen atoms in total. The molecule has 0 saturated carbocycles. The summed E-state index contributed by atoms with van der Waals surface area (Å²) in [6.45, 7) is 3.11. The van der Waals surface area contributed by atoms with Crippen LogP contribution in [0.2, 0.25) is 5.02 Å². The fourth-order valence-electron chi connectivity index (χ4n) is 4.87. The van der Waals surface area contributed by atoms with Gasteiger partial charge >= 0.3 is 0 Å². The number of benzene rings is 5. The fraction of sp³-hybridized carbons (Fsp3) is 0.162. The summed E-state index contributed by atoms with van der Waals surface area (Å²) in [5, 5.41) is 3.56. The van der Waals surface area contributed by atoms with Crippen molar-refractivity contribution in [3.05, 3.63) is 137 Å². The van der Waals surface area contributed by atoms with Gasteiger partial charge in [0.05, 0.1) is 0 Å². The first-order valence-electron chi connectivity index (χ1n) is 14.2. The van der Waals surface area contributed by atoms with Gasteiger partial charge in [-0.2, -0.15) is 0 Å². The monoisotopic (exact) mass is 658 g/mol. The zero-order valence-electron chi connectivity index (χ0n) is 25.3. The van der Waals surface area contributed by atoms with Crippen molar-refractivity contribution in [2.75, 3.05) is 32.6 Å². The summed E-state index contributed by atoms with van der Waals surface area (Å²) in [7, 11) is 6.13. The molecule has 1 aliphatic heterocycles. The molecule has 1 aliphatic rings. The normalized spacial score (nSPS) is 12.5. The number of ether oxygens (including phenoxy) is 1. The maximum absolute atomic E-state index is 6.21. The van der Waals surface area contributed by atoms with Crippen LogP contribution in [0.3, 0.4) is 0 Å². The third kappa shape index (κ3) is 8.44. The van der Waals surface area contributed by atoms with Crippen LogP contribution in [0.25, 0.3) is 16.3 Å². The van der Waals surface area contributed by atoms with Gasteiger partial charge in [0.2, 0.25) is 0 Å². The summed E-state index contributed by atoms with van der Waals surface area (Å²) in [6, 6.07) is 37.1. The summed E-state index contributed by atoms with van der Waals surface area (Å²) in [4.78, 5) is 6.69.